The second-order valence-electron chi connectivity index (χ2n) is 8.15. The monoisotopic (exact) mass is 528 g/mol. The number of aliphatic hydroxyl groups is 1. The van der Waals surface area contributed by atoms with Crippen LogP contribution in [0.1, 0.15) is 38.4 Å². The first-order valence-electron chi connectivity index (χ1n) is 9.56. The van der Waals surface area contributed by atoms with E-state index in [0.29, 0.717) is 13.0 Å². The van der Waals surface area contributed by atoms with E-state index in [9.17, 15) is 14.7 Å². The van der Waals surface area contributed by atoms with Gasteiger partial charge >= 0.3 is 169 Å². The third-order valence-corrected chi connectivity index (χ3v) is 8.28. The summed E-state index contributed by atoms with van der Waals surface area (Å²) in [4.78, 5) is 32.4. The van der Waals surface area contributed by atoms with Crippen LogP contribution in [0, 0.1) is 6.92 Å². The number of carbonyl (C=O) groups excluding carboxylic acids is 2. The summed E-state index contributed by atoms with van der Waals surface area (Å²) >= 11 is 0.857. The molecule has 1 aromatic heterocycles. The van der Waals surface area contributed by atoms with E-state index < -0.39 is 33.4 Å². The molecule has 0 unspecified atom stereocenters. The molecule has 1 aliphatic heterocycles. The molecule has 3 rings (SSSR count). The van der Waals surface area contributed by atoms with Gasteiger partial charge in [0, 0.05) is 0 Å². The second kappa shape index (κ2) is 9.09. The maximum absolute atomic E-state index is 12.7. The maximum atomic E-state index is 12.7. The number of thiazole rings is 1. The number of alkyl halides is 1. The average molecular weight is 528 g/mol. The van der Waals surface area contributed by atoms with E-state index in [1.165, 1.54) is 0 Å². The third-order valence-electron chi connectivity index (χ3n) is 4.60. The fourth-order valence-corrected chi connectivity index (χ4v) is 6.25. The zero-order chi connectivity index (χ0) is 21.2. The van der Waals surface area contributed by atoms with Crippen molar-refractivity contribution in [1.82, 2.24) is 15.2 Å². The van der Waals surface area contributed by atoms with Gasteiger partial charge in [0.05, 0.1) is 5.51 Å². The summed E-state index contributed by atoms with van der Waals surface area (Å²) in [6.07, 6.45) is -0.338. The van der Waals surface area contributed by atoms with Crippen LogP contribution in [0.4, 0.5) is 4.79 Å². The number of β-amino-alcohol motifs (C(OH)–C–C–N with tert-alkyl or cyclic N) is 1. The van der Waals surface area contributed by atoms with Crippen molar-refractivity contribution in [2.75, 3.05) is 6.54 Å². The normalized spacial score (nSPS) is 19.6. The van der Waals surface area contributed by atoms with Gasteiger partial charge in [-0.1, -0.05) is 0 Å². The summed E-state index contributed by atoms with van der Waals surface area (Å²) in [7, 11) is 0. The van der Waals surface area contributed by atoms with E-state index in [1.54, 1.807) is 16.2 Å². The molecule has 2 aromatic rings. The average Bonchev–Trinajstić information content (AvgIpc) is 3.24. The number of hydrogen-bond acceptors (Lipinski definition) is 5. The van der Waals surface area contributed by atoms with Crippen LogP contribution in [-0.2, 0) is 11.3 Å². The molecule has 1 saturated heterocycles. The number of aromatic nitrogens is 1. The number of aryl methyl sites for hydroxylation is 1. The first-order chi connectivity index (χ1) is 13.6. The van der Waals surface area contributed by atoms with Gasteiger partial charge in [0.1, 0.15) is 0 Å². The number of halogens is 1. The summed E-state index contributed by atoms with van der Waals surface area (Å²) in [6, 6.07) is 7.47. The van der Waals surface area contributed by atoms with Crippen LogP contribution in [0.5, 0.6) is 0 Å². The number of aliphatic hydroxyl groups excluding tert-OH is 1. The van der Waals surface area contributed by atoms with Crippen molar-refractivity contribution in [2.45, 2.75) is 56.2 Å². The molecule has 2 atom stereocenters. The fraction of sp³-hybridized carbons (Fsp3) is 0.476. The van der Waals surface area contributed by atoms with Gasteiger partial charge in [-0.05, 0) is 6.92 Å². The van der Waals surface area contributed by atoms with E-state index in [0.717, 1.165) is 21.7 Å². The van der Waals surface area contributed by atoms with Gasteiger partial charge in [-0.25, -0.2) is 4.98 Å². The summed E-state index contributed by atoms with van der Waals surface area (Å²) in [6.45, 7) is 8.75. The van der Waals surface area contributed by atoms with Crippen LogP contribution in [0.15, 0.2) is 29.8 Å². The van der Waals surface area contributed by atoms with Crippen molar-refractivity contribution >= 4 is 21.2 Å². The number of hydrogen-bond donors (Lipinski definition) is 2. The van der Waals surface area contributed by atoms with E-state index in [4.69, 9.17) is 0 Å². The predicted molar refractivity (Wildman–Crippen MR) is 110 cm³/mol. The zero-order valence-corrected chi connectivity index (χ0v) is 20.1. The topological polar surface area (TPSA) is 82.5 Å². The Morgan fingerprint density at radius 1 is 1.31 bits per heavy atom. The number of likely N-dealkylation sites (tertiary alicyclic amines) is 1. The molecule has 2 N–H and O–H groups in total. The molecule has 0 saturated carbocycles. The number of benzene rings is 1. The van der Waals surface area contributed by atoms with E-state index in [-0.39, 0.29) is 19.8 Å². The van der Waals surface area contributed by atoms with Crippen molar-refractivity contribution in [2.24, 2.45) is 0 Å². The predicted octanol–water partition coefficient (Wildman–Crippen LogP) is 0.177. The Hall–Kier alpha value is -1.52. The van der Waals surface area contributed by atoms with Crippen LogP contribution >= 0.6 is 11.3 Å². The van der Waals surface area contributed by atoms with E-state index in [2.05, 4.69) is 10.3 Å². The Labute approximate surface area is 186 Å². The third kappa shape index (κ3) is 5.76. The van der Waals surface area contributed by atoms with Gasteiger partial charge < -0.3 is 0 Å². The Bertz CT molecular complexity index is 876. The number of rotatable bonds is 5. The fourth-order valence-electron chi connectivity index (χ4n) is 3.21. The molecule has 29 heavy (non-hydrogen) atoms. The SMILES string of the molecule is Cc1ncsc1-c1ccc(CNC(=O)[C@@H]2C[C@@H](O)CN2C(=O)[I-]C(C)(C)C)cc1. The van der Waals surface area contributed by atoms with Crippen LogP contribution in [0.3, 0.4) is 0 Å². The Balaban J connectivity index is 1.60. The summed E-state index contributed by atoms with van der Waals surface area (Å²) in [5, 5.41) is 13.0. The van der Waals surface area contributed by atoms with Crippen molar-refractivity contribution in [3.63, 3.8) is 0 Å². The van der Waals surface area contributed by atoms with Gasteiger partial charge in [-0.15, -0.1) is 0 Å². The summed E-state index contributed by atoms with van der Waals surface area (Å²) < 4.78 is -0.0276. The van der Waals surface area contributed by atoms with Crippen molar-refractivity contribution in [1.29, 1.82) is 0 Å². The van der Waals surface area contributed by atoms with Crippen LogP contribution in [-0.4, -0.2) is 46.9 Å². The van der Waals surface area contributed by atoms with Crippen LogP contribution in [0.2, 0.25) is 0 Å². The first kappa shape index (κ1) is 22.2. The molecule has 0 spiro atoms. The summed E-state index contributed by atoms with van der Waals surface area (Å²) in [5.41, 5.74) is 4.95. The standard InChI is InChI=1S/C21H27IN3O3S/c1-13-18(29-12-24-13)15-7-5-14(6-8-15)10-23-19(27)17-9-16(26)11-25(17)20(28)22-21(2,3)4/h5-8,12,16-17,26H,9-11H2,1-4H3,(H,23,27)/q-1/t16-,17+/m1/s1. The second-order valence-corrected chi connectivity index (χ2v) is 13.7. The molecule has 6 nitrogen and oxygen atoms in total. The molecule has 1 fully saturated rings. The molecule has 8 heteroatoms. The number of carbonyl (C=O) groups is 2. The first-order valence-corrected chi connectivity index (χ1v) is 12.6. The molecule has 0 aliphatic carbocycles. The van der Waals surface area contributed by atoms with E-state index in [1.807, 2.05) is 57.5 Å². The minimum atomic E-state index is -0.754. The molecule has 0 radical (unpaired) electrons. The van der Waals surface area contributed by atoms with Gasteiger partial charge in [-0.3, -0.25) is 0 Å². The summed E-state index contributed by atoms with van der Waals surface area (Å²) in [5.74, 6) is -0.199. The zero-order valence-electron chi connectivity index (χ0n) is 17.1. The Morgan fingerprint density at radius 2 is 2.00 bits per heavy atom. The molecule has 0 bridgehead atoms. The van der Waals surface area contributed by atoms with Crippen LogP contribution < -0.4 is 26.5 Å². The molecule has 1 aromatic carbocycles. The van der Waals surface area contributed by atoms with E-state index >= 15 is 0 Å². The molecule has 158 valence electrons. The quantitative estimate of drug-likeness (QED) is 0.251. The number of nitrogens with one attached hydrogen (secondary N) is 1. The van der Waals surface area contributed by atoms with Crippen molar-refractivity contribution < 1.29 is 35.9 Å². The molecule has 2 amide bonds. The van der Waals surface area contributed by atoms with Gasteiger partial charge in [0.2, 0.25) is 0 Å². The molecular formula is C21H27IN3O3S-. The Kier molecular flexibility index (Phi) is 6.95. The van der Waals surface area contributed by atoms with Crippen LogP contribution in [0.25, 0.3) is 10.4 Å². The number of amides is 2. The molecule has 1 aliphatic rings. The van der Waals surface area contributed by atoms with Gasteiger partial charge in [0.15, 0.2) is 0 Å². The Morgan fingerprint density at radius 3 is 2.59 bits per heavy atom. The van der Waals surface area contributed by atoms with Crippen molar-refractivity contribution in [3.05, 3.63) is 41.0 Å². The van der Waals surface area contributed by atoms with Crippen molar-refractivity contribution in [3.8, 4) is 10.4 Å². The van der Waals surface area contributed by atoms with Gasteiger partial charge in [-0.2, -0.15) is 0 Å². The van der Waals surface area contributed by atoms with Gasteiger partial charge in [0.25, 0.3) is 0 Å². The minimum absolute atomic E-state index is 0.0253. The number of nitrogens with zero attached hydrogens (tertiary/aromatic N) is 2. The molecule has 2 heterocycles. The molecular weight excluding hydrogens is 501 g/mol.